The minimum Gasteiger partial charge on any atom is -0.497 e. The highest BCUT2D eigenvalue weighted by Crippen LogP contribution is 2.26. The van der Waals surface area contributed by atoms with E-state index in [0.29, 0.717) is 11.6 Å². The summed E-state index contributed by atoms with van der Waals surface area (Å²) in [6.07, 6.45) is 2.79. The molecule has 1 aliphatic rings. The van der Waals surface area contributed by atoms with Crippen molar-refractivity contribution in [3.05, 3.63) is 70.7 Å². The fraction of sp³-hybridized carbons (Fsp3) is 0.250. The number of fused-ring (bicyclic) bond motifs is 1. The zero-order chi connectivity index (χ0) is 17.2. The molecule has 0 N–H and O–H groups in total. The molecule has 2 aromatic carbocycles. The van der Waals surface area contributed by atoms with Gasteiger partial charge in [-0.15, -0.1) is 0 Å². The molecule has 0 fully saturated rings. The van der Waals surface area contributed by atoms with Crippen molar-refractivity contribution in [3.63, 3.8) is 0 Å². The molecule has 5 heteroatoms. The van der Waals surface area contributed by atoms with Crippen LogP contribution in [0.5, 0.6) is 5.75 Å². The van der Waals surface area contributed by atoms with Gasteiger partial charge in [0.05, 0.1) is 19.9 Å². The number of aromatic nitrogens is 1. The van der Waals surface area contributed by atoms with Crippen LogP contribution in [0, 0.1) is 0 Å². The van der Waals surface area contributed by atoms with E-state index in [0.717, 1.165) is 42.5 Å². The quantitative estimate of drug-likeness (QED) is 0.688. The summed E-state index contributed by atoms with van der Waals surface area (Å²) in [7, 11) is 1.70. The van der Waals surface area contributed by atoms with Crippen molar-refractivity contribution in [3.8, 4) is 17.1 Å². The molecule has 0 saturated carbocycles. The van der Waals surface area contributed by atoms with Crippen molar-refractivity contribution in [1.82, 2.24) is 9.88 Å². The number of halogens is 1. The van der Waals surface area contributed by atoms with Crippen molar-refractivity contribution < 1.29 is 9.15 Å². The van der Waals surface area contributed by atoms with Gasteiger partial charge < -0.3 is 9.15 Å². The molecule has 2 heterocycles. The number of methoxy groups -OCH3 is 1. The molecule has 4 nitrogen and oxygen atoms in total. The second-order valence-corrected chi connectivity index (χ2v) is 6.66. The van der Waals surface area contributed by atoms with Gasteiger partial charge in [-0.25, -0.2) is 4.98 Å². The number of oxazole rings is 1. The van der Waals surface area contributed by atoms with Crippen LogP contribution < -0.4 is 4.74 Å². The van der Waals surface area contributed by atoms with Crippen molar-refractivity contribution in [2.75, 3.05) is 13.7 Å². The monoisotopic (exact) mass is 354 g/mol. The summed E-state index contributed by atoms with van der Waals surface area (Å²) in [5.74, 6) is 2.37. The summed E-state index contributed by atoms with van der Waals surface area (Å²) in [6.45, 7) is 2.56. The molecule has 0 spiro atoms. The Kier molecular flexibility index (Phi) is 4.47. The maximum absolute atomic E-state index is 6.05. The van der Waals surface area contributed by atoms with E-state index in [4.69, 9.17) is 20.8 Å². The van der Waals surface area contributed by atoms with E-state index in [1.165, 1.54) is 11.1 Å². The van der Waals surface area contributed by atoms with Crippen LogP contribution in [0.25, 0.3) is 11.3 Å². The number of hydrogen-bond acceptors (Lipinski definition) is 4. The van der Waals surface area contributed by atoms with Crippen LogP contribution in [0.2, 0.25) is 5.02 Å². The lowest BCUT2D eigenvalue weighted by molar-refractivity contribution is 0.221. The van der Waals surface area contributed by atoms with E-state index in [2.05, 4.69) is 22.0 Å². The van der Waals surface area contributed by atoms with Gasteiger partial charge in [-0.3, -0.25) is 4.90 Å². The second-order valence-electron chi connectivity index (χ2n) is 6.22. The van der Waals surface area contributed by atoms with Gasteiger partial charge in [0, 0.05) is 23.7 Å². The summed E-state index contributed by atoms with van der Waals surface area (Å²) in [5, 5.41) is 0.692. The van der Waals surface area contributed by atoms with E-state index in [9.17, 15) is 0 Å². The number of ether oxygens (including phenoxy) is 1. The van der Waals surface area contributed by atoms with Crippen LogP contribution in [0.1, 0.15) is 17.0 Å². The highest BCUT2D eigenvalue weighted by Gasteiger charge is 2.19. The first-order valence-electron chi connectivity index (χ1n) is 8.30. The Morgan fingerprint density at radius 3 is 2.96 bits per heavy atom. The Bertz CT molecular complexity index is 891. The second kappa shape index (κ2) is 6.90. The van der Waals surface area contributed by atoms with Crippen molar-refractivity contribution in [2.45, 2.75) is 19.5 Å². The molecular formula is C20H19ClN2O2. The van der Waals surface area contributed by atoms with Crippen LogP contribution >= 0.6 is 11.6 Å². The fourth-order valence-corrected chi connectivity index (χ4v) is 3.39. The lowest BCUT2D eigenvalue weighted by Crippen LogP contribution is -2.30. The summed E-state index contributed by atoms with van der Waals surface area (Å²) in [6, 6.07) is 13.9. The Balaban J connectivity index is 1.48. The zero-order valence-electron chi connectivity index (χ0n) is 14.0. The smallest absolute Gasteiger partial charge is 0.209 e. The van der Waals surface area contributed by atoms with Gasteiger partial charge in [-0.1, -0.05) is 29.8 Å². The molecule has 1 aliphatic heterocycles. The van der Waals surface area contributed by atoms with Crippen LogP contribution in [0.15, 0.2) is 53.1 Å². The largest absolute Gasteiger partial charge is 0.497 e. The molecule has 1 aromatic heterocycles. The Morgan fingerprint density at radius 1 is 1.20 bits per heavy atom. The first-order valence-corrected chi connectivity index (χ1v) is 8.68. The van der Waals surface area contributed by atoms with Crippen LogP contribution in [0.3, 0.4) is 0 Å². The van der Waals surface area contributed by atoms with Gasteiger partial charge >= 0.3 is 0 Å². The Hall–Kier alpha value is -2.30. The first-order chi connectivity index (χ1) is 12.2. The third-order valence-electron chi connectivity index (χ3n) is 4.53. The molecule has 128 valence electrons. The standard InChI is InChI=1S/C20H19ClN2O2/c1-24-18-6-5-14-7-8-23(12-16(14)10-18)13-20-22-11-19(25-20)15-3-2-4-17(21)9-15/h2-6,9-11H,7-8,12-13H2,1H3. The van der Waals surface area contributed by atoms with E-state index >= 15 is 0 Å². The minimum atomic E-state index is 0.692. The molecule has 0 unspecified atom stereocenters. The Morgan fingerprint density at radius 2 is 2.12 bits per heavy atom. The highest BCUT2D eigenvalue weighted by molar-refractivity contribution is 6.30. The number of hydrogen-bond donors (Lipinski definition) is 0. The van der Waals surface area contributed by atoms with Crippen molar-refractivity contribution in [2.24, 2.45) is 0 Å². The molecule has 0 atom stereocenters. The number of nitrogens with zero attached hydrogens (tertiary/aromatic N) is 2. The van der Waals surface area contributed by atoms with Gasteiger partial charge in [0.2, 0.25) is 5.89 Å². The van der Waals surface area contributed by atoms with Crippen LogP contribution in [-0.4, -0.2) is 23.5 Å². The molecule has 0 aliphatic carbocycles. The average molecular weight is 355 g/mol. The molecule has 0 radical (unpaired) electrons. The molecule has 0 amide bonds. The van der Waals surface area contributed by atoms with E-state index in [1.54, 1.807) is 13.3 Å². The Labute approximate surface area is 152 Å². The number of rotatable bonds is 4. The van der Waals surface area contributed by atoms with E-state index < -0.39 is 0 Å². The van der Waals surface area contributed by atoms with E-state index in [-0.39, 0.29) is 0 Å². The molecule has 0 saturated heterocycles. The van der Waals surface area contributed by atoms with Crippen molar-refractivity contribution in [1.29, 1.82) is 0 Å². The maximum atomic E-state index is 6.05. The zero-order valence-corrected chi connectivity index (χ0v) is 14.8. The van der Waals surface area contributed by atoms with Crippen LogP contribution in [0.4, 0.5) is 0 Å². The summed E-state index contributed by atoms with van der Waals surface area (Å²) < 4.78 is 11.3. The summed E-state index contributed by atoms with van der Waals surface area (Å²) >= 11 is 6.05. The van der Waals surface area contributed by atoms with Gasteiger partial charge in [0.25, 0.3) is 0 Å². The third-order valence-corrected chi connectivity index (χ3v) is 4.76. The highest BCUT2D eigenvalue weighted by atomic mass is 35.5. The van der Waals surface area contributed by atoms with Crippen molar-refractivity contribution >= 4 is 11.6 Å². The van der Waals surface area contributed by atoms with Gasteiger partial charge in [0.1, 0.15) is 5.75 Å². The van der Waals surface area contributed by atoms with Gasteiger partial charge in [-0.2, -0.15) is 0 Å². The maximum Gasteiger partial charge on any atom is 0.209 e. The van der Waals surface area contributed by atoms with Gasteiger partial charge in [-0.05, 0) is 41.8 Å². The van der Waals surface area contributed by atoms with Gasteiger partial charge in [0.15, 0.2) is 5.76 Å². The van der Waals surface area contributed by atoms with Crippen LogP contribution in [-0.2, 0) is 19.5 Å². The molecule has 25 heavy (non-hydrogen) atoms. The SMILES string of the molecule is COc1ccc2c(c1)CN(Cc1ncc(-c3cccc(Cl)c3)o1)CC2. The minimum absolute atomic E-state index is 0.692. The molecular weight excluding hydrogens is 336 g/mol. The normalized spacial score (nSPS) is 14.3. The predicted molar refractivity (Wildman–Crippen MR) is 97.8 cm³/mol. The fourth-order valence-electron chi connectivity index (χ4n) is 3.20. The molecule has 4 rings (SSSR count). The lowest BCUT2D eigenvalue weighted by atomic mass is 9.99. The topological polar surface area (TPSA) is 38.5 Å². The summed E-state index contributed by atoms with van der Waals surface area (Å²) in [4.78, 5) is 6.77. The number of benzene rings is 2. The lowest BCUT2D eigenvalue weighted by Gasteiger charge is -2.27. The first kappa shape index (κ1) is 16.2. The predicted octanol–water partition coefficient (Wildman–Crippen LogP) is 4.56. The molecule has 3 aromatic rings. The average Bonchev–Trinajstić information content (AvgIpc) is 3.09. The third kappa shape index (κ3) is 3.55. The summed E-state index contributed by atoms with van der Waals surface area (Å²) in [5.41, 5.74) is 3.65. The molecule has 0 bridgehead atoms. The van der Waals surface area contributed by atoms with E-state index in [1.807, 2.05) is 30.3 Å².